The maximum absolute atomic E-state index is 13.6. The summed E-state index contributed by atoms with van der Waals surface area (Å²) in [7, 11) is 0. The molecule has 7 heteroatoms. The number of aromatic nitrogens is 2. The molecule has 1 heterocycles. The molecule has 1 aromatic heterocycles. The third-order valence-electron chi connectivity index (χ3n) is 4.49. The summed E-state index contributed by atoms with van der Waals surface area (Å²) in [6, 6.07) is 2.51. The molecule has 1 amide bonds. The van der Waals surface area contributed by atoms with Crippen LogP contribution in [-0.4, -0.2) is 33.6 Å². The molecule has 4 N–H and O–H groups in total. The number of hydrogen-bond donors (Lipinski definition) is 4. The number of imidazole rings is 1. The predicted octanol–water partition coefficient (Wildman–Crippen LogP) is 3.04. The highest BCUT2D eigenvalue weighted by atomic mass is 32.1. The van der Waals surface area contributed by atoms with Gasteiger partial charge in [-0.1, -0.05) is 6.42 Å². The van der Waals surface area contributed by atoms with Crippen LogP contribution in [0.5, 0.6) is 0 Å². The van der Waals surface area contributed by atoms with Crippen LogP contribution in [-0.2, 0) is 0 Å². The van der Waals surface area contributed by atoms with Gasteiger partial charge in [-0.2, -0.15) is 0 Å². The van der Waals surface area contributed by atoms with Crippen molar-refractivity contribution in [2.24, 2.45) is 5.92 Å². The minimum atomic E-state index is -0.484. The summed E-state index contributed by atoms with van der Waals surface area (Å²) >= 11 is 4.99. The summed E-state index contributed by atoms with van der Waals surface area (Å²) in [6.45, 7) is 0.505. The number of rotatable bonds is 5. The van der Waals surface area contributed by atoms with Crippen molar-refractivity contribution < 1.29 is 14.3 Å². The second kappa shape index (κ2) is 6.80. The monoisotopic (exact) mass is 337 g/mol. The quantitative estimate of drug-likeness (QED) is 0.500. The third-order valence-corrected chi connectivity index (χ3v) is 4.69. The van der Waals surface area contributed by atoms with E-state index >= 15 is 0 Å². The largest absolute Gasteiger partial charge is 0.393 e. The number of nitrogens with one attached hydrogen (secondary N) is 3. The molecule has 2 atom stereocenters. The van der Waals surface area contributed by atoms with E-state index in [9.17, 15) is 14.3 Å². The Morgan fingerprint density at radius 3 is 2.96 bits per heavy atom. The smallest absolute Gasteiger partial charge is 0.253 e. The number of carbonyl (C=O) groups excluding carboxylic acids is 1. The van der Waals surface area contributed by atoms with Gasteiger partial charge in [-0.15, -0.1) is 0 Å². The van der Waals surface area contributed by atoms with Crippen molar-refractivity contribution in [3.8, 4) is 0 Å². The third kappa shape index (κ3) is 3.61. The zero-order valence-corrected chi connectivity index (χ0v) is 13.5. The van der Waals surface area contributed by atoms with E-state index in [2.05, 4.69) is 15.3 Å². The molecule has 0 unspecified atom stereocenters. The van der Waals surface area contributed by atoms with Crippen LogP contribution in [0.3, 0.4) is 0 Å². The van der Waals surface area contributed by atoms with Crippen LogP contribution >= 0.6 is 12.2 Å². The fourth-order valence-corrected chi connectivity index (χ4v) is 3.51. The minimum Gasteiger partial charge on any atom is -0.393 e. The van der Waals surface area contributed by atoms with Gasteiger partial charge in [0.15, 0.2) is 4.77 Å². The molecule has 23 heavy (non-hydrogen) atoms. The van der Waals surface area contributed by atoms with Gasteiger partial charge < -0.3 is 20.4 Å². The van der Waals surface area contributed by atoms with Crippen molar-refractivity contribution in [3.05, 3.63) is 28.3 Å². The van der Waals surface area contributed by atoms with Gasteiger partial charge in [-0.25, -0.2) is 4.39 Å². The molecule has 0 radical (unpaired) electrons. The first-order chi connectivity index (χ1) is 11.0. The summed E-state index contributed by atoms with van der Waals surface area (Å²) in [5.74, 6) is -0.470. The number of H-pyrrole nitrogens is 2. The summed E-state index contributed by atoms with van der Waals surface area (Å²) in [5, 5.41) is 12.6. The zero-order chi connectivity index (χ0) is 16.4. The van der Waals surface area contributed by atoms with Gasteiger partial charge >= 0.3 is 0 Å². The molecule has 1 aliphatic carbocycles. The fraction of sp³-hybridized carbons (Fsp3) is 0.500. The lowest BCUT2D eigenvalue weighted by Crippen LogP contribution is -2.25. The topological polar surface area (TPSA) is 80.9 Å². The Bertz CT molecular complexity index is 770. The van der Waals surface area contributed by atoms with E-state index in [0.29, 0.717) is 28.3 Å². The molecule has 2 aromatic rings. The molecule has 1 fully saturated rings. The maximum Gasteiger partial charge on any atom is 0.253 e. The Hall–Kier alpha value is -1.73. The zero-order valence-electron chi connectivity index (χ0n) is 12.7. The highest BCUT2D eigenvalue weighted by Crippen LogP contribution is 2.29. The molecular weight excluding hydrogens is 317 g/mol. The van der Waals surface area contributed by atoms with Crippen molar-refractivity contribution >= 4 is 29.2 Å². The van der Waals surface area contributed by atoms with E-state index in [1.807, 2.05) is 0 Å². The Labute approximate surface area is 138 Å². The average molecular weight is 337 g/mol. The van der Waals surface area contributed by atoms with Gasteiger partial charge in [0.2, 0.25) is 0 Å². The molecule has 0 saturated heterocycles. The van der Waals surface area contributed by atoms with E-state index < -0.39 is 5.82 Å². The lowest BCUT2D eigenvalue weighted by Gasteiger charge is -2.14. The van der Waals surface area contributed by atoms with Crippen molar-refractivity contribution in [1.29, 1.82) is 0 Å². The molecule has 3 rings (SSSR count). The number of carbonyl (C=O) groups is 1. The van der Waals surface area contributed by atoms with E-state index in [-0.39, 0.29) is 17.6 Å². The molecule has 0 aliphatic heterocycles. The molecule has 0 bridgehead atoms. The van der Waals surface area contributed by atoms with Crippen molar-refractivity contribution in [2.75, 3.05) is 6.54 Å². The van der Waals surface area contributed by atoms with Crippen molar-refractivity contribution in [1.82, 2.24) is 15.3 Å². The first-order valence-corrected chi connectivity index (χ1v) is 8.33. The molecule has 1 aromatic carbocycles. The highest BCUT2D eigenvalue weighted by molar-refractivity contribution is 7.71. The molecule has 0 spiro atoms. The Morgan fingerprint density at radius 1 is 1.39 bits per heavy atom. The van der Waals surface area contributed by atoms with Gasteiger partial charge in [0, 0.05) is 6.54 Å². The predicted molar refractivity (Wildman–Crippen MR) is 88.4 cm³/mol. The number of fused-ring (bicyclic) bond motifs is 1. The van der Waals surface area contributed by atoms with E-state index in [1.54, 1.807) is 0 Å². The van der Waals surface area contributed by atoms with Crippen LogP contribution in [0.15, 0.2) is 12.1 Å². The summed E-state index contributed by atoms with van der Waals surface area (Å²) in [6.07, 6.45) is 4.51. The molecular formula is C16H20FN3O2S. The number of benzene rings is 1. The average Bonchev–Trinajstić information content (AvgIpc) is 3.07. The van der Waals surface area contributed by atoms with Gasteiger partial charge in [-0.05, 0) is 56.0 Å². The van der Waals surface area contributed by atoms with Crippen molar-refractivity contribution in [2.45, 2.75) is 38.2 Å². The van der Waals surface area contributed by atoms with E-state index in [1.165, 1.54) is 12.1 Å². The molecule has 1 saturated carbocycles. The lowest BCUT2D eigenvalue weighted by atomic mass is 10.00. The number of amides is 1. The van der Waals surface area contributed by atoms with Crippen LogP contribution in [0.4, 0.5) is 4.39 Å². The first-order valence-electron chi connectivity index (χ1n) is 7.92. The van der Waals surface area contributed by atoms with Crippen LogP contribution in [0, 0.1) is 16.5 Å². The Balaban J connectivity index is 1.61. The second-order valence-electron chi connectivity index (χ2n) is 6.11. The van der Waals surface area contributed by atoms with Crippen LogP contribution in [0.1, 0.15) is 42.5 Å². The van der Waals surface area contributed by atoms with E-state index in [0.717, 1.165) is 32.1 Å². The standard InChI is InChI=1S/C16H20FN3O2S/c17-10-7-11(14-12(8-10)19-16(23)20-14)15(22)18-6-2-4-9-3-1-5-13(9)21/h7-9,13,21H,1-6H2,(H,18,22)(H2,19,20,23)/t9-,13+/m0/s1. The van der Waals surface area contributed by atoms with Gasteiger partial charge in [0.05, 0.1) is 22.7 Å². The number of aliphatic hydroxyl groups excluding tert-OH is 1. The normalized spacial score (nSPS) is 21.0. The lowest BCUT2D eigenvalue weighted by molar-refractivity contribution is 0.0950. The second-order valence-corrected chi connectivity index (χ2v) is 6.52. The van der Waals surface area contributed by atoms with Crippen LogP contribution in [0.25, 0.3) is 11.0 Å². The van der Waals surface area contributed by atoms with Crippen LogP contribution < -0.4 is 5.32 Å². The fourth-order valence-electron chi connectivity index (χ4n) is 3.30. The van der Waals surface area contributed by atoms with Gasteiger partial charge in [-0.3, -0.25) is 4.79 Å². The Kier molecular flexibility index (Phi) is 4.77. The summed E-state index contributed by atoms with van der Waals surface area (Å²) < 4.78 is 14.0. The summed E-state index contributed by atoms with van der Waals surface area (Å²) in [4.78, 5) is 18.0. The molecule has 124 valence electrons. The minimum absolute atomic E-state index is 0.200. The SMILES string of the molecule is O=C(NCCC[C@@H]1CCC[C@H]1O)c1cc(F)cc2[nH]c(=S)[nH]c12. The maximum atomic E-state index is 13.6. The number of aromatic amines is 2. The van der Waals surface area contributed by atoms with E-state index in [4.69, 9.17) is 12.2 Å². The van der Waals surface area contributed by atoms with Crippen molar-refractivity contribution in [3.63, 3.8) is 0 Å². The molecule has 5 nitrogen and oxygen atoms in total. The van der Waals surface area contributed by atoms with Gasteiger partial charge in [0.25, 0.3) is 5.91 Å². The molecule has 1 aliphatic rings. The number of aliphatic hydroxyl groups is 1. The number of hydrogen-bond acceptors (Lipinski definition) is 3. The summed E-state index contributed by atoms with van der Waals surface area (Å²) in [5.41, 5.74) is 1.24. The van der Waals surface area contributed by atoms with Gasteiger partial charge in [0.1, 0.15) is 5.82 Å². The highest BCUT2D eigenvalue weighted by Gasteiger charge is 2.24. The first kappa shape index (κ1) is 16.1. The Morgan fingerprint density at radius 2 is 2.22 bits per heavy atom. The number of halogens is 1. The van der Waals surface area contributed by atoms with Crippen LogP contribution in [0.2, 0.25) is 0 Å².